The number of hydrogen-bond donors (Lipinski definition) is 1. The van der Waals surface area contributed by atoms with E-state index in [0.29, 0.717) is 0 Å². The second-order valence-corrected chi connectivity index (χ2v) is 6.68. The van der Waals surface area contributed by atoms with Crippen molar-refractivity contribution >= 4 is 35.0 Å². The first kappa shape index (κ1) is 17.9. The fourth-order valence-corrected chi connectivity index (χ4v) is 3.26. The van der Waals surface area contributed by atoms with Gasteiger partial charge in [0.15, 0.2) is 6.61 Å². The third-order valence-electron chi connectivity index (χ3n) is 3.56. The summed E-state index contributed by atoms with van der Waals surface area (Å²) in [5.41, 5.74) is 4.99. The van der Waals surface area contributed by atoms with Crippen molar-refractivity contribution in [2.24, 2.45) is 0 Å². The van der Waals surface area contributed by atoms with Crippen LogP contribution in [-0.2, 0) is 14.3 Å². The molecule has 0 unspecified atom stereocenters. The lowest BCUT2D eigenvalue weighted by atomic mass is 10.1. The molecule has 2 aromatic rings. The van der Waals surface area contributed by atoms with E-state index in [9.17, 15) is 9.59 Å². The van der Waals surface area contributed by atoms with Crippen LogP contribution in [0.3, 0.4) is 0 Å². The summed E-state index contributed by atoms with van der Waals surface area (Å²) in [5.74, 6) is -0.880. The first-order chi connectivity index (χ1) is 11.4. The minimum absolute atomic E-state index is 0.306. The van der Waals surface area contributed by atoms with Gasteiger partial charge in [0, 0.05) is 16.6 Å². The summed E-state index contributed by atoms with van der Waals surface area (Å²) in [7, 11) is 0. The first-order valence-corrected chi connectivity index (χ1v) is 8.51. The fraction of sp³-hybridized carbons (Fsp3) is 0.263. The molecule has 0 bridgehead atoms. The number of thiophene rings is 1. The molecule has 5 heteroatoms. The Morgan fingerprint density at radius 2 is 1.79 bits per heavy atom. The molecule has 0 aliphatic rings. The zero-order valence-corrected chi connectivity index (χ0v) is 15.1. The zero-order valence-electron chi connectivity index (χ0n) is 14.3. The summed E-state index contributed by atoms with van der Waals surface area (Å²) in [6, 6.07) is 5.98. The predicted molar refractivity (Wildman–Crippen MR) is 98.3 cm³/mol. The van der Waals surface area contributed by atoms with E-state index in [0.717, 1.165) is 32.8 Å². The van der Waals surface area contributed by atoms with Crippen molar-refractivity contribution in [1.82, 2.24) is 0 Å². The van der Waals surface area contributed by atoms with Crippen LogP contribution >= 0.6 is 11.3 Å². The molecule has 1 N–H and O–H groups in total. The van der Waals surface area contributed by atoms with Gasteiger partial charge in [-0.15, -0.1) is 11.3 Å². The quantitative estimate of drug-likeness (QED) is 0.654. The van der Waals surface area contributed by atoms with Crippen molar-refractivity contribution in [3.63, 3.8) is 0 Å². The highest BCUT2D eigenvalue weighted by Gasteiger charge is 2.10. The van der Waals surface area contributed by atoms with E-state index < -0.39 is 5.97 Å². The van der Waals surface area contributed by atoms with Crippen molar-refractivity contribution < 1.29 is 14.3 Å². The normalized spacial score (nSPS) is 10.8. The smallest absolute Gasteiger partial charge is 0.331 e. The second kappa shape index (κ2) is 7.93. The fourth-order valence-electron chi connectivity index (χ4n) is 2.44. The van der Waals surface area contributed by atoms with Crippen LogP contribution in [0, 0.1) is 27.7 Å². The number of carbonyl (C=O) groups is 2. The van der Waals surface area contributed by atoms with Gasteiger partial charge in [0.2, 0.25) is 0 Å². The summed E-state index contributed by atoms with van der Waals surface area (Å²) < 4.78 is 4.98. The van der Waals surface area contributed by atoms with Crippen LogP contribution in [0.5, 0.6) is 0 Å². The van der Waals surface area contributed by atoms with Crippen molar-refractivity contribution in [2.45, 2.75) is 27.7 Å². The predicted octanol–water partition coefficient (Wildman–Crippen LogP) is 4.18. The molecule has 0 atom stereocenters. The van der Waals surface area contributed by atoms with Gasteiger partial charge in [0.25, 0.3) is 5.91 Å². The van der Waals surface area contributed by atoms with Gasteiger partial charge in [-0.05, 0) is 61.9 Å². The van der Waals surface area contributed by atoms with Gasteiger partial charge < -0.3 is 10.1 Å². The highest BCUT2D eigenvalue weighted by atomic mass is 32.1. The van der Waals surface area contributed by atoms with Gasteiger partial charge in [-0.1, -0.05) is 17.7 Å². The van der Waals surface area contributed by atoms with Crippen molar-refractivity contribution in [1.29, 1.82) is 0 Å². The van der Waals surface area contributed by atoms with Gasteiger partial charge in [-0.25, -0.2) is 4.79 Å². The van der Waals surface area contributed by atoms with Crippen molar-refractivity contribution in [3.8, 4) is 0 Å². The molecule has 1 aromatic carbocycles. The largest absolute Gasteiger partial charge is 0.452 e. The Labute approximate surface area is 146 Å². The van der Waals surface area contributed by atoms with Crippen molar-refractivity contribution in [3.05, 3.63) is 56.8 Å². The van der Waals surface area contributed by atoms with Crippen LogP contribution in [0.1, 0.15) is 27.1 Å². The summed E-state index contributed by atoms with van der Waals surface area (Å²) in [4.78, 5) is 24.7. The third-order valence-corrected chi connectivity index (χ3v) is 4.54. The van der Waals surface area contributed by atoms with Crippen LogP contribution in [0.2, 0.25) is 0 Å². The first-order valence-electron chi connectivity index (χ1n) is 7.63. The molecule has 1 amide bonds. The van der Waals surface area contributed by atoms with E-state index in [2.05, 4.69) is 5.32 Å². The number of ether oxygens (including phenoxy) is 1. The average molecular weight is 343 g/mol. The van der Waals surface area contributed by atoms with Gasteiger partial charge in [0.1, 0.15) is 0 Å². The molecule has 4 nitrogen and oxygen atoms in total. The molecule has 1 aromatic heterocycles. The van der Waals surface area contributed by atoms with Crippen LogP contribution < -0.4 is 5.32 Å². The maximum absolute atomic E-state index is 12.0. The van der Waals surface area contributed by atoms with Crippen LogP contribution in [0.4, 0.5) is 5.69 Å². The molecular weight excluding hydrogens is 322 g/mol. The molecule has 0 radical (unpaired) electrons. The molecule has 0 aliphatic heterocycles. The zero-order chi connectivity index (χ0) is 17.7. The lowest BCUT2D eigenvalue weighted by Gasteiger charge is -2.12. The number of anilines is 1. The van der Waals surface area contributed by atoms with E-state index in [1.165, 1.54) is 6.08 Å². The van der Waals surface area contributed by atoms with E-state index in [-0.39, 0.29) is 12.5 Å². The summed E-state index contributed by atoms with van der Waals surface area (Å²) in [6.45, 7) is 7.55. The molecule has 0 spiro atoms. The average Bonchev–Trinajstić information content (AvgIpc) is 2.92. The Morgan fingerprint density at radius 3 is 2.38 bits per heavy atom. The van der Waals surface area contributed by atoms with E-state index >= 15 is 0 Å². The molecule has 0 saturated carbocycles. The van der Waals surface area contributed by atoms with E-state index in [1.54, 1.807) is 17.4 Å². The molecule has 0 saturated heterocycles. The highest BCUT2D eigenvalue weighted by molar-refractivity contribution is 7.11. The molecule has 0 aliphatic carbocycles. The van der Waals surface area contributed by atoms with E-state index in [4.69, 9.17) is 4.74 Å². The standard InChI is InChI=1S/C19H21NO3S/c1-12-9-14(3)19(15(4)10-12)20-17(21)11-23-18(22)6-5-16-13(2)7-8-24-16/h5-10H,11H2,1-4H3,(H,20,21)/b6-5+. The Kier molecular flexibility index (Phi) is 5.93. The summed E-state index contributed by atoms with van der Waals surface area (Å²) in [5, 5.41) is 4.76. The Balaban J connectivity index is 1.88. The minimum Gasteiger partial charge on any atom is -0.452 e. The Hall–Kier alpha value is -2.40. The maximum atomic E-state index is 12.0. The number of carbonyl (C=O) groups excluding carboxylic acids is 2. The van der Waals surface area contributed by atoms with Gasteiger partial charge in [-0.2, -0.15) is 0 Å². The lowest BCUT2D eigenvalue weighted by molar-refractivity contribution is -0.142. The number of esters is 1. The minimum atomic E-state index is -0.532. The number of rotatable bonds is 5. The Bertz CT molecular complexity index is 767. The van der Waals surface area contributed by atoms with Crippen molar-refractivity contribution in [2.75, 3.05) is 11.9 Å². The number of nitrogens with one attached hydrogen (secondary N) is 1. The van der Waals surface area contributed by atoms with Gasteiger partial charge >= 0.3 is 5.97 Å². The third kappa shape index (κ3) is 4.80. The lowest BCUT2D eigenvalue weighted by Crippen LogP contribution is -2.21. The second-order valence-electron chi connectivity index (χ2n) is 5.73. The highest BCUT2D eigenvalue weighted by Crippen LogP contribution is 2.21. The number of benzene rings is 1. The molecule has 0 fully saturated rings. The van der Waals surface area contributed by atoms with Gasteiger partial charge in [0.05, 0.1) is 0 Å². The van der Waals surface area contributed by atoms with Gasteiger partial charge in [-0.3, -0.25) is 4.79 Å². The SMILES string of the molecule is Cc1cc(C)c(NC(=O)COC(=O)/C=C/c2sccc2C)c(C)c1. The molecule has 2 rings (SSSR count). The van der Waals surface area contributed by atoms with Crippen LogP contribution in [0.25, 0.3) is 6.08 Å². The summed E-state index contributed by atoms with van der Waals surface area (Å²) >= 11 is 1.55. The van der Waals surface area contributed by atoms with Crippen LogP contribution in [-0.4, -0.2) is 18.5 Å². The van der Waals surface area contributed by atoms with E-state index in [1.807, 2.05) is 51.3 Å². The number of aryl methyl sites for hydroxylation is 4. The molecule has 126 valence electrons. The number of amides is 1. The molecule has 24 heavy (non-hydrogen) atoms. The Morgan fingerprint density at radius 1 is 1.12 bits per heavy atom. The number of hydrogen-bond acceptors (Lipinski definition) is 4. The molecule has 1 heterocycles. The monoisotopic (exact) mass is 343 g/mol. The maximum Gasteiger partial charge on any atom is 0.331 e. The van der Waals surface area contributed by atoms with Crippen LogP contribution in [0.15, 0.2) is 29.7 Å². The summed E-state index contributed by atoms with van der Waals surface area (Å²) in [6.07, 6.45) is 3.04. The topological polar surface area (TPSA) is 55.4 Å². The molecular formula is C19H21NO3S.